The zero-order chi connectivity index (χ0) is 17.1. The van der Waals surface area contributed by atoms with Gasteiger partial charge in [-0.15, -0.1) is 0 Å². The molecule has 1 atom stereocenters. The Morgan fingerprint density at radius 1 is 1.50 bits per heavy atom. The number of sulfonamides is 1. The number of hydrogen-bond acceptors (Lipinski definition) is 6. The largest absolute Gasteiger partial charge is 0.465 e. The van der Waals surface area contributed by atoms with Gasteiger partial charge in [0.05, 0.1) is 7.11 Å². The molecule has 0 fully saturated rings. The van der Waals surface area contributed by atoms with E-state index in [0.717, 1.165) is 6.07 Å². The molecule has 126 valence electrons. The monoisotopic (exact) mass is 332 g/mol. The van der Waals surface area contributed by atoms with Crippen LogP contribution in [0.2, 0.25) is 0 Å². The molecule has 7 nitrogen and oxygen atoms in total. The second-order valence-corrected chi connectivity index (χ2v) is 7.61. The molecule has 3 N–H and O–H groups in total. The first-order valence-corrected chi connectivity index (χ1v) is 8.46. The summed E-state index contributed by atoms with van der Waals surface area (Å²) >= 11 is 0. The van der Waals surface area contributed by atoms with Gasteiger partial charge in [-0.25, -0.2) is 17.9 Å². The van der Waals surface area contributed by atoms with Crippen molar-refractivity contribution < 1.29 is 22.4 Å². The van der Waals surface area contributed by atoms with Gasteiger partial charge in [0, 0.05) is 18.2 Å². The van der Waals surface area contributed by atoms with E-state index in [0.29, 0.717) is 6.42 Å². The molecule has 0 aromatic carbocycles. The first-order valence-electron chi connectivity index (χ1n) is 6.97. The quantitative estimate of drug-likeness (QED) is 0.730. The highest BCUT2D eigenvalue weighted by atomic mass is 32.2. The third-order valence-electron chi connectivity index (χ3n) is 3.26. The highest BCUT2D eigenvalue weighted by Gasteiger charge is 2.33. The molecule has 0 aliphatic rings. The lowest BCUT2D eigenvalue weighted by Gasteiger charge is -2.30. The van der Waals surface area contributed by atoms with Crippen LogP contribution < -0.4 is 10.5 Å². The van der Waals surface area contributed by atoms with Gasteiger partial charge in [-0.2, -0.15) is 0 Å². The minimum absolute atomic E-state index is 0.0844. The van der Waals surface area contributed by atoms with E-state index in [1.165, 1.54) is 14.0 Å². The zero-order valence-corrected chi connectivity index (χ0v) is 14.4. The molecule has 0 bridgehead atoms. The smallest absolute Gasteiger partial charge is 0.341 e. The summed E-state index contributed by atoms with van der Waals surface area (Å²) in [5.41, 5.74) is 5.01. The van der Waals surface area contributed by atoms with E-state index in [1.807, 2.05) is 13.8 Å². The molecule has 1 heterocycles. The number of methoxy groups -OCH3 is 1. The topological polar surface area (TPSA) is 112 Å². The SMILES string of the molecule is COC(=O)c1cc(S(=O)(=O)NC(C)(CN)CC(C)C)oc1C. The number of aryl methyl sites for hydroxylation is 1. The van der Waals surface area contributed by atoms with Gasteiger partial charge in [-0.3, -0.25) is 0 Å². The van der Waals surface area contributed by atoms with Gasteiger partial charge in [0.25, 0.3) is 10.0 Å². The van der Waals surface area contributed by atoms with E-state index in [9.17, 15) is 13.2 Å². The molecule has 22 heavy (non-hydrogen) atoms. The number of carbonyl (C=O) groups excluding carboxylic acids is 1. The average molecular weight is 332 g/mol. The number of nitrogens with one attached hydrogen (secondary N) is 1. The van der Waals surface area contributed by atoms with Crippen LogP contribution in [0.25, 0.3) is 0 Å². The van der Waals surface area contributed by atoms with Crippen molar-refractivity contribution in [3.8, 4) is 0 Å². The number of hydrogen-bond donors (Lipinski definition) is 2. The van der Waals surface area contributed by atoms with Crippen molar-refractivity contribution in [3.63, 3.8) is 0 Å². The summed E-state index contributed by atoms with van der Waals surface area (Å²) in [5, 5.41) is -0.325. The minimum atomic E-state index is -3.92. The predicted molar refractivity (Wildman–Crippen MR) is 82.0 cm³/mol. The van der Waals surface area contributed by atoms with Crippen LogP contribution in [-0.4, -0.2) is 33.6 Å². The van der Waals surface area contributed by atoms with E-state index < -0.39 is 21.5 Å². The fourth-order valence-corrected chi connectivity index (χ4v) is 3.77. The maximum Gasteiger partial charge on any atom is 0.341 e. The van der Waals surface area contributed by atoms with E-state index in [1.54, 1.807) is 6.92 Å². The molecule has 1 unspecified atom stereocenters. The molecule has 1 aromatic heterocycles. The number of nitrogens with two attached hydrogens (primary N) is 1. The van der Waals surface area contributed by atoms with Crippen LogP contribution in [0.4, 0.5) is 0 Å². The van der Waals surface area contributed by atoms with Crippen LogP contribution in [0.15, 0.2) is 15.6 Å². The first kappa shape index (κ1) is 18.7. The van der Waals surface area contributed by atoms with Gasteiger partial charge in [-0.1, -0.05) is 13.8 Å². The Morgan fingerprint density at radius 3 is 2.55 bits per heavy atom. The van der Waals surface area contributed by atoms with Crippen LogP contribution in [-0.2, 0) is 14.8 Å². The summed E-state index contributed by atoms with van der Waals surface area (Å²) in [7, 11) is -2.71. The molecule has 8 heteroatoms. The van der Waals surface area contributed by atoms with Crippen LogP contribution in [0.1, 0.15) is 43.3 Å². The molecular weight excluding hydrogens is 308 g/mol. The Kier molecular flexibility index (Phi) is 5.77. The van der Waals surface area contributed by atoms with Gasteiger partial charge in [0.2, 0.25) is 5.09 Å². The Bertz CT molecular complexity index is 636. The van der Waals surface area contributed by atoms with Crippen molar-refractivity contribution in [2.24, 2.45) is 11.7 Å². The fourth-order valence-electron chi connectivity index (χ4n) is 2.34. The standard InChI is InChI=1S/C14H24N2O5S/c1-9(2)7-14(4,8-15)16-22(18,19)12-6-11(10(3)21-12)13(17)20-5/h6,9,16H,7-8,15H2,1-5H3. The maximum atomic E-state index is 12.5. The lowest BCUT2D eigenvalue weighted by atomic mass is 9.92. The summed E-state index contributed by atoms with van der Waals surface area (Å²) in [6.45, 7) is 7.35. The van der Waals surface area contributed by atoms with Crippen LogP contribution in [0.3, 0.4) is 0 Å². The molecule has 0 radical (unpaired) electrons. The third-order valence-corrected chi connectivity index (χ3v) is 4.75. The molecule has 0 amide bonds. The van der Waals surface area contributed by atoms with Crippen LogP contribution in [0, 0.1) is 12.8 Å². The number of rotatable bonds is 7. The minimum Gasteiger partial charge on any atom is -0.465 e. The Morgan fingerprint density at radius 2 is 2.09 bits per heavy atom. The van der Waals surface area contributed by atoms with Gasteiger partial charge in [0.1, 0.15) is 11.3 Å². The normalized spacial score (nSPS) is 14.9. The van der Waals surface area contributed by atoms with Gasteiger partial charge in [0.15, 0.2) is 0 Å². The van der Waals surface area contributed by atoms with Gasteiger partial charge >= 0.3 is 5.97 Å². The zero-order valence-electron chi connectivity index (χ0n) is 13.6. The third kappa shape index (κ3) is 4.31. The number of esters is 1. The van der Waals surface area contributed by atoms with Gasteiger partial charge < -0.3 is 14.9 Å². The molecule has 0 aliphatic carbocycles. The summed E-state index contributed by atoms with van der Waals surface area (Å²) in [5.74, 6) is -0.197. The molecule has 1 rings (SSSR count). The lowest BCUT2D eigenvalue weighted by Crippen LogP contribution is -2.51. The van der Waals surface area contributed by atoms with E-state index in [4.69, 9.17) is 10.2 Å². The van der Waals surface area contributed by atoms with Crippen LogP contribution >= 0.6 is 0 Å². The second kappa shape index (κ2) is 6.80. The van der Waals surface area contributed by atoms with E-state index in [-0.39, 0.29) is 28.9 Å². The fraction of sp³-hybridized carbons (Fsp3) is 0.643. The van der Waals surface area contributed by atoms with Crippen LogP contribution in [0.5, 0.6) is 0 Å². The summed E-state index contributed by atoms with van der Waals surface area (Å²) in [6, 6.07) is 1.16. The number of furan rings is 1. The lowest BCUT2D eigenvalue weighted by molar-refractivity contribution is 0.0598. The van der Waals surface area contributed by atoms with Crippen molar-refractivity contribution in [3.05, 3.63) is 17.4 Å². The van der Waals surface area contributed by atoms with E-state index in [2.05, 4.69) is 9.46 Å². The molecule has 0 saturated heterocycles. The molecule has 1 aromatic rings. The second-order valence-electron chi connectivity index (χ2n) is 6.00. The number of carbonyl (C=O) groups is 1. The molecule has 0 saturated carbocycles. The Hall–Kier alpha value is -1.38. The number of ether oxygens (including phenoxy) is 1. The average Bonchev–Trinajstić information content (AvgIpc) is 2.79. The first-order chi connectivity index (χ1) is 10.0. The van der Waals surface area contributed by atoms with Crippen molar-refractivity contribution in [1.82, 2.24) is 4.72 Å². The molecule has 0 spiro atoms. The maximum absolute atomic E-state index is 12.5. The van der Waals surface area contributed by atoms with Crippen molar-refractivity contribution in [2.45, 2.75) is 44.7 Å². The van der Waals surface area contributed by atoms with Crippen molar-refractivity contribution in [1.29, 1.82) is 0 Å². The highest BCUT2D eigenvalue weighted by molar-refractivity contribution is 7.89. The predicted octanol–water partition coefficient (Wildman–Crippen LogP) is 1.42. The van der Waals surface area contributed by atoms with Crippen molar-refractivity contribution >= 4 is 16.0 Å². The van der Waals surface area contributed by atoms with Crippen molar-refractivity contribution in [2.75, 3.05) is 13.7 Å². The van der Waals surface area contributed by atoms with Gasteiger partial charge in [-0.05, 0) is 26.2 Å². The summed E-state index contributed by atoms with van der Waals surface area (Å²) < 4.78 is 37.3. The Balaban J connectivity index is 3.12. The summed E-state index contributed by atoms with van der Waals surface area (Å²) in [4.78, 5) is 11.5. The Labute approximate surface area is 131 Å². The summed E-state index contributed by atoms with van der Waals surface area (Å²) in [6.07, 6.45) is 0.576. The van der Waals surface area contributed by atoms with E-state index >= 15 is 0 Å². The molecule has 0 aliphatic heterocycles. The molecular formula is C14H24N2O5S. The highest BCUT2D eigenvalue weighted by Crippen LogP contribution is 2.23.